The Morgan fingerprint density at radius 2 is 2.12 bits per heavy atom. The summed E-state index contributed by atoms with van der Waals surface area (Å²) in [7, 11) is 0. The van der Waals surface area contributed by atoms with E-state index < -0.39 is 0 Å². The van der Waals surface area contributed by atoms with Crippen LogP contribution in [-0.2, 0) is 0 Å². The first-order valence-corrected chi connectivity index (χ1v) is 6.46. The summed E-state index contributed by atoms with van der Waals surface area (Å²) in [6, 6.07) is 13.0. The topological polar surface area (TPSA) is 35.8 Å². The zero-order chi connectivity index (χ0) is 11.4. The van der Waals surface area contributed by atoms with Crippen LogP contribution in [0.3, 0.4) is 0 Å². The third-order valence-corrected chi connectivity index (χ3v) is 3.77. The second-order valence-corrected chi connectivity index (χ2v) is 4.87. The van der Waals surface area contributed by atoms with Crippen molar-refractivity contribution in [2.24, 2.45) is 0 Å². The fourth-order valence-corrected chi connectivity index (χ4v) is 2.87. The van der Waals surface area contributed by atoms with Crippen LogP contribution in [0.15, 0.2) is 41.6 Å². The van der Waals surface area contributed by atoms with Gasteiger partial charge in [-0.2, -0.15) is 17.0 Å². The lowest BCUT2D eigenvalue weighted by Gasteiger charge is -2.17. The van der Waals surface area contributed by atoms with Gasteiger partial charge in [0.1, 0.15) is 0 Å². The molecule has 0 bridgehead atoms. The molecule has 0 radical (unpaired) electrons. The minimum absolute atomic E-state index is 0.317. The maximum atomic E-state index is 8.98. The van der Waals surface area contributed by atoms with E-state index in [1.165, 1.54) is 5.56 Å². The molecule has 1 unspecified atom stereocenters. The number of allylic oxidation sites excluding steroid dienone is 1. The molecule has 16 heavy (non-hydrogen) atoms. The second kappa shape index (κ2) is 5.09. The second-order valence-electron chi connectivity index (χ2n) is 3.84. The van der Waals surface area contributed by atoms with Gasteiger partial charge in [-0.05, 0) is 12.5 Å². The fraction of sp³-hybridized carbons (Fsp3) is 0.308. The number of benzene rings is 1. The Bertz CT molecular complexity index is 431. The molecule has 1 atom stereocenters. The van der Waals surface area contributed by atoms with Crippen LogP contribution in [0.2, 0.25) is 0 Å². The summed E-state index contributed by atoms with van der Waals surface area (Å²) >= 11 is 1.81. The Morgan fingerprint density at radius 3 is 2.81 bits per heavy atom. The van der Waals surface area contributed by atoms with E-state index in [0.717, 1.165) is 22.8 Å². The molecule has 2 rings (SSSR count). The van der Waals surface area contributed by atoms with Gasteiger partial charge in [0, 0.05) is 17.2 Å². The van der Waals surface area contributed by atoms with Gasteiger partial charge in [0.25, 0.3) is 0 Å². The summed E-state index contributed by atoms with van der Waals surface area (Å²) in [5, 5.41) is 12.4. The zero-order valence-electron chi connectivity index (χ0n) is 9.23. The molecule has 0 saturated heterocycles. The minimum atomic E-state index is 0.317. The van der Waals surface area contributed by atoms with Gasteiger partial charge >= 0.3 is 0 Å². The molecule has 1 aromatic rings. The van der Waals surface area contributed by atoms with Crippen molar-refractivity contribution >= 4 is 11.8 Å². The Labute approximate surface area is 100 Å². The third-order valence-electron chi connectivity index (χ3n) is 2.71. The highest BCUT2D eigenvalue weighted by molar-refractivity contribution is 7.99. The van der Waals surface area contributed by atoms with Crippen LogP contribution in [0, 0.1) is 11.3 Å². The molecule has 1 aliphatic rings. The predicted molar refractivity (Wildman–Crippen MR) is 68.0 cm³/mol. The Morgan fingerprint density at radius 1 is 1.38 bits per heavy atom. The molecule has 0 saturated carbocycles. The maximum Gasteiger partial charge on any atom is 0.0974 e. The normalized spacial score (nSPS) is 20.9. The largest absolute Gasteiger partial charge is 0.380 e. The number of thioether (sulfide) groups is 1. The monoisotopic (exact) mass is 230 g/mol. The zero-order valence-corrected chi connectivity index (χ0v) is 10.1. The molecule has 1 aliphatic heterocycles. The van der Waals surface area contributed by atoms with E-state index in [0.29, 0.717) is 6.04 Å². The fourth-order valence-electron chi connectivity index (χ4n) is 1.76. The van der Waals surface area contributed by atoms with Gasteiger partial charge < -0.3 is 5.32 Å². The van der Waals surface area contributed by atoms with Gasteiger partial charge in [-0.3, -0.25) is 0 Å². The average Bonchev–Trinajstić information content (AvgIpc) is 2.52. The highest BCUT2D eigenvalue weighted by atomic mass is 32.2. The van der Waals surface area contributed by atoms with Gasteiger partial charge in [-0.15, -0.1) is 0 Å². The number of hydrogen-bond donors (Lipinski definition) is 1. The molecule has 0 aromatic heterocycles. The molecule has 0 fully saturated rings. The molecule has 1 aromatic carbocycles. The summed E-state index contributed by atoms with van der Waals surface area (Å²) < 4.78 is 0. The highest BCUT2D eigenvalue weighted by Crippen LogP contribution is 2.25. The molecule has 0 spiro atoms. The summed E-state index contributed by atoms with van der Waals surface area (Å²) in [6.07, 6.45) is 0. The number of hydrogen-bond acceptors (Lipinski definition) is 3. The number of nitrogens with zero attached hydrogens (tertiary/aromatic N) is 1. The van der Waals surface area contributed by atoms with Crippen LogP contribution in [0.5, 0.6) is 0 Å². The first kappa shape index (κ1) is 11.1. The van der Waals surface area contributed by atoms with Crippen LogP contribution in [0.25, 0.3) is 0 Å². The quantitative estimate of drug-likeness (QED) is 0.806. The summed E-state index contributed by atoms with van der Waals surface area (Å²) in [5.41, 5.74) is 3.17. The Kier molecular flexibility index (Phi) is 3.53. The summed E-state index contributed by atoms with van der Waals surface area (Å²) in [5.74, 6) is 1.82. The molecule has 2 nitrogen and oxygen atoms in total. The first-order valence-electron chi connectivity index (χ1n) is 5.30. The first-order chi connectivity index (χ1) is 7.81. The lowest BCUT2D eigenvalue weighted by atomic mass is 10.1. The van der Waals surface area contributed by atoms with Crippen LogP contribution in [0.4, 0.5) is 0 Å². The predicted octanol–water partition coefficient (Wildman–Crippen LogP) is 2.86. The van der Waals surface area contributed by atoms with Crippen molar-refractivity contribution in [3.05, 3.63) is 47.2 Å². The molecule has 1 N–H and O–H groups in total. The van der Waals surface area contributed by atoms with Crippen molar-refractivity contribution in [1.82, 2.24) is 5.32 Å². The lowest BCUT2D eigenvalue weighted by molar-refractivity contribution is 0.664. The van der Waals surface area contributed by atoms with Gasteiger partial charge in [0.05, 0.1) is 17.7 Å². The summed E-state index contributed by atoms with van der Waals surface area (Å²) in [4.78, 5) is 0. The van der Waals surface area contributed by atoms with E-state index >= 15 is 0 Å². The van der Waals surface area contributed by atoms with E-state index in [1.54, 1.807) is 0 Å². The van der Waals surface area contributed by atoms with Crippen LogP contribution in [-0.4, -0.2) is 11.5 Å². The van der Waals surface area contributed by atoms with Crippen molar-refractivity contribution in [3.63, 3.8) is 0 Å². The average molecular weight is 230 g/mol. The van der Waals surface area contributed by atoms with Crippen molar-refractivity contribution in [2.45, 2.75) is 13.0 Å². The SMILES string of the molecule is CC1=C(C#N)CSCC(c2ccccc2)N1. The highest BCUT2D eigenvalue weighted by Gasteiger charge is 2.16. The molecule has 82 valence electrons. The maximum absolute atomic E-state index is 8.98. The molecule has 1 heterocycles. The van der Waals surface area contributed by atoms with Crippen LogP contribution >= 0.6 is 11.8 Å². The van der Waals surface area contributed by atoms with Crippen molar-refractivity contribution in [1.29, 1.82) is 5.26 Å². The van der Waals surface area contributed by atoms with Gasteiger partial charge in [-0.25, -0.2) is 0 Å². The summed E-state index contributed by atoms with van der Waals surface area (Å²) in [6.45, 7) is 1.99. The van der Waals surface area contributed by atoms with Crippen LogP contribution in [0.1, 0.15) is 18.5 Å². The molecular formula is C13H14N2S. The van der Waals surface area contributed by atoms with Crippen molar-refractivity contribution in [2.75, 3.05) is 11.5 Å². The number of nitriles is 1. The lowest BCUT2D eigenvalue weighted by Crippen LogP contribution is -2.20. The number of rotatable bonds is 1. The van der Waals surface area contributed by atoms with E-state index in [4.69, 9.17) is 5.26 Å². The Balaban J connectivity index is 2.21. The van der Waals surface area contributed by atoms with Crippen molar-refractivity contribution in [3.8, 4) is 6.07 Å². The number of nitrogens with one attached hydrogen (secondary N) is 1. The standard InChI is InChI=1S/C13H14N2S/c1-10-12(7-14)8-16-9-13(15-10)11-5-3-2-4-6-11/h2-6,13,15H,8-9H2,1H3. The van der Waals surface area contributed by atoms with Gasteiger partial charge in [-0.1, -0.05) is 30.3 Å². The van der Waals surface area contributed by atoms with Gasteiger partial charge in [0.15, 0.2) is 0 Å². The molecular weight excluding hydrogens is 216 g/mol. The van der Waals surface area contributed by atoms with Crippen molar-refractivity contribution < 1.29 is 0 Å². The van der Waals surface area contributed by atoms with E-state index in [2.05, 4.69) is 35.7 Å². The molecule has 3 heteroatoms. The molecule has 0 amide bonds. The third kappa shape index (κ3) is 2.40. The molecule has 0 aliphatic carbocycles. The van der Waals surface area contributed by atoms with E-state index in [1.807, 2.05) is 24.8 Å². The minimum Gasteiger partial charge on any atom is -0.380 e. The Hall–Kier alpha value is -1.40. The van der Waals surface area contributed by atoms with E-state index in [-0.39, 0.29) is 0 Å². The van der Waals surface area contributed by atoms with E-state index in [9.17, 15) is 0 Å². The van der Waals surface area contributed by atoms with Gasteiger partial charge in [0.2, 0.25) is 0 Å². The smallest absolute Gasteiger partial charge is 0.0974 e. The van der Waals surface area contributed by atoms with Crippen LogP contribution < -0.4 is 5.32 Å².